The lowest BCUT2D eigenvalue weighted by Crippen LogP contribution is -2.52. The van der Waals surface area contributed by atoms with Crippen molar-refractivity contribution in [3.05, 3.63) is 29.8 Å². The van der Waals surface area contributed by atoms with Gasteiger partial charge in [0.2, 0.25) is 10.4 Å². The molecule has 2 rings (SSSR count). The molecule has 1 aliphatic heterocycles. The average Bonchev–Trinajstić information content (AvgIpc) is 2.73. The molecule has 1 N–H and O–H groups in total. The van der Waals surface area contributed by atoms with E-state index in [1.165, 1.54) is 24.2 Å². The van der Waals surface area contributed by atoms with Gasteiger partial charge in [-0.25, -0.2) is 8.42 Å². The summed E-state index contributed by atoms with van der Waals surface area (Å²) < 4.78 is 60.7. The van der Waals surface area contributed by atoms with E-state index in [1.807, 2.05) is 12.1 Å². The first-order valence-corrected chi connectivity index (χ1v) is 14.3. The van der Waals surface area contributed by atoms with Gasteiger partial charge in [0.05, 0.1) is 19.8 Å². The molecule has 186 valence electrons. The Morgan fingerprint density at radius 3 is 1.72 bits per heavy atom. The van der Waals surface area contributed by atoms with Crippen molar-refractivity contribution in [3.63, 3.8) is 0 Å². The van der Waals surface area contributed by atoms with Crippen molar-refractivity contribution in [2.45, 2.75) is 43.5 Å². The quantitative estimate of drug-likeness (QED) is 0.257. The molecule has 1 heterocycles. The van der Waals surface area contributed by atoms with E-state index < -0.39 is 20.8 Å². The van der Waals surface area contributed by atoms with Crippen molar-refractivity contribution < 1.29 is 39.1 Å². The van der Waals surface area contributed by atoms with Gasteiger partial charge in [-0.3, -0.25) is 22.6 Å². The summed E-state index contributed by atoms with van der Waals surface area (Å²) in [6.45, 7) is 6.23. The highest BCUT2D eigenvalue weighted by Gasteiger charge is 2.35. The molecule has 1 aliphatic rings. The summed E-state index contributed by atoms with van der Waals surface area (Å²) in [7, 11) is -6.64. The molecular weight excluding hydrogens is 482 g/mol. The van der Waals surface area contributed by atoms with E-state index in [1.54, 1.807) is 0 Å². The number of rotatable bonds is 6. The van der Waals surface area contributed by atoms with Crippen molar-refractivity contribution in [3.8, 4) is 0 Å². The van der Waals surface area contributed by atoms with Gasteiger partial charge in [0, 0.05) is 16.5 Å². The van der Waals surface area contributed by atoms with E-state index in [0.717, 1.165) is 32.9 Å². The van der Waals surface area contributed by atoms with Gasteiger partial charge >= 0.3 is 10.4 Å². The number of piperidine rings is 1. The van der Waals surface area contributed by atoms with Gasteiger partial charge in [0.1, 0.15) is 12.5 Å². The van der Waals surface area contributed by atoms with Gasteiger partial charge in [-0.05, 0) is 64.0 Å². The normalized spacial score (nSPS) is 15.3. The molecular formula is C19H33NO9S3. The number of carbonyl (C=O) groups is 1. The second-order valence-corrected chi connectivity index (χ2v) is 11.9. The fourth-order valence-electron chi connectivity index (χ4n) is 2.83. The van der Waals surface area contributed by atoms with Gasteiger partial charge in [-0.2, -0.15) is 8.42 Å². The van der Waals surface area contributed by atoms with Crippen LogP contribution in [0.15, 0.2) is 29.2 Å². The van der Waals surface area contributed by atoms with Crippen LogP contribution in [0, 0.1) is 0 Å². The molecule has 0 atom stereocenters. The molecule has 0 bridgehead atoms. The Balaban J connectivity index is 0.000000662. The Morgan fingerprint density at radius 1 is 1.00 bits per heavy atom. The highest BCUT2D eigenvalue weighted by Crippen LogP contribution is 2.25. The highest BCUT2D eigenvalue weighted by molar-refractivity contribution is 7.95. The number of Topliss-reactive ketones (excluding diaryl/α,β-unsaturated/α-hetero) is 1. The Morgan fingerprint density at radius 2 is 1.41 bits per heavy atom. The van der Waals surface area contributed by atoms with E-state index in [0.29, 0.717) is 0 Å². The SMILES string of the molecule is COS(=O)(=O)O.COS(=O)(=O)[O-].C[S+](C)c1ccc(C(=O)C(C)(C)N2CCCCC2)cc1. The predicted octanol–water partition coefficient (Wildman–Crippen LogP) is 1.90. The third kappa shape index (κ3) is 12.3. The third-order valence-electron chi connectivity index (χ3n) is 4.70. The van der Waals surface area contributed by atoms with Gasteiger partial charge in [0.25, 0.3) is 0 Å². The minimum atomic E-state index is -4.41. The zero-order valence-corrected chi connectivity index (χ0v) is 21.7. The summed E-state index contributed by atoms with van der Waals surface area (Å²) in [5.41, 5.74) is 0.456. The number of ketones is 1. The topological polar surface area (TPSA) is 150 Å². The smallest absolute Gasteiger partial charge is 0.397 e. The van der Waals surface area contributed by atoms with Crippen molar-refractivity contribution >= 4 is 37.5 Å². The molecule has 1 aromatic carbocycles. The largest absolute Gasteiger partial charge is 0.726 e. The Hall–Kier alpha value is -1.06. The molecule has 1 fully saturated rings. The fourth-order valence-corrected chi connectivity index (χ4v) is 3.51. The Kier molecular flexibility index (Phi) is 13.1. The maximum Gasteiger partial charge on any atom is 0.397 e. The summed E-state index contributed by atoms with van der Waals surface area (Å²) in [5, 5.41) is 0. The number of benzene rings is 1. The minimum absolute atomic E-state index is 0.248. The maximum atomic E-state index is 12.8. The second-order valence-electron chi connectivity index (χ2n) is 7.45. The van der Waals surface area contributed by atoms with Crippen LogP contribution in [0.1, 0.15) is 43.5 Å². The molecule has 0 radical (unpaired) electrons. The molecule has 0 aliphatic carbocycles. The zero-order chi connectivity index (χ0) is 25.2. The molecule has 0 spiro atoms. The van der Waals surface area contributed by atoms with Crippen molar-refractivity contribution in [1.29, 1.82) is 0 Å². The molecule has 32 heavy (non-hydrogen) atoms. The number of likely N-dealkylation sites (tertiary alicyclic amines) is 1. The van der Waals surface area contributed by atoms with Crippen LogP contribution in [0.2, 0.25) is 0 Å². The maximum absolute atomic E-state index is 12.8. The second kappa shape index (κ2) is 13.6. The lowest BCUT2D eigenvalue weighted by molar-refractivity contribution is 0.0579. The van der Waals surface area contributed by atoms with Gasteiger partial charge in [0.15, 0.2) is 10.7 Å². The predicted molar refractivity (Wildman–Crippen MR) is 123 cm³/mol. The van der Waals surface area contributed by atoms with Crippen LogP contribution >= 0.6 is 0 Å². The summed E-state index contributed by atoms with van der Waals surface area (Å²) in [6, 6.07) is 8.19. The first kappa shape index (κ1) is 30.9. The Bertz CT molecular complexity index is 874. The summed E-state index contributed by atoms with van der Waals surface area (Å²) in [5.74, 6) is 0.248. The zero-order valence-electron chi connectivity index (χ0n) is 19.2. The number of hydrogen-bond acceptors (Lipinski definition) is 9. The van der Waals surface area contributed by atoms with Crippen LogP contribution < -0.4 is 0 Å². The standard InChI is InChI=1S/C17H26NOS.2CH4O4S/c1-17(2,18-12-6-5-7-13-18)16(19)14-8-10-15(11-9-14)20(3)4;2*1-5-6(2,3)4/h8-11H,5-7,12-13H2,1-4H3;2*1H3,(H,2,3,4)/q+1;;/p-1. The first-order valence-electron chi connectivity index (χ1n) is 9.57. The molecule has 13 heteroatoms. The van der Waals surface area contributed by atoms with Gasteiger partial charge < -0.3 is 4.55 Å². The van der Waals surface area contributed by atoms with Crippen LogP contribution in [0.3, 0.4) is 0 Å². The van der Waals surface area contributed by atoms with E-state index >= 15 is 0 Å². The number of carbonyl (C=O) groups excluding carboxylic acids is 1. The summed E-state index contributed by atoms with van der Waals surface area (Å²) >= 11 is 0. The van der Waals surface area contributed by atoms with Crippen molar-refractivity contribution in [2.24, 2.45) is 0 Å². The van der Waals surface area contributed by atoms with E-state index in [9.17, 15) is 26.2 Å². The Labute approximate surface area is 194 Å². The van der Waals surface area contributed by atoms with Crippen LogP contribution in [0.25, 0.3) is 0 Å². The van der Waals surface area contributed by atoms with Crippen LogP contribution in [0.4, 0.5) is 0 Å². The van der Waals surface area contributed by atoms with E-state index in [4.69, 9.17) is 4.55 Å². The molecule has 1 aromatic rings. The molecule has 0 unspecified atom stereocenters. The molecule has 0 amide bonds. The fraction of sp³-hybridized carbons (Fsp3) is 0.632. The van der Waals surface area contributed by atoms with Gasteiger partial charge in [-0.1, -0.05) is 6.42 Å². The van der Waals surface area contributed by atoms with Crippen LogP contribution in [-0.2, 0) is 40.1 Å². The number of hydrogen-bond donors (Lipinski definition) is 1. The lowest BCUT2D eigenvalue weighted by atomic mass is 9.89. The summed E-state index contributed by atoms with van der Waals surface area (Å²) in [6.07, 6.45) is 8.13. The lowest BCUT2D eigenvalue weighted by Gasteiger charge is -2.39. The van der Waals surface area contributed by atoms with Crippen LogP contribution in [0.5, 0.6) is 0 Å². The highest BCUT2D eigenvalue weighted by atomic mass is 32.3. The molecule has 0 saturated carbocycles. The van der Waals surface area contributed by atoms with Crippen molar-refractivity contribution in [2.75, 3.05) is 39.8 Å². The van der Waals surface area contributed by atoms with Crippen molar-refractivity contribution in [1.82, 2.24) is 4.90 Å². The number of nitrogens with zero attached hydrogens (tertiary/aromatic N) is 1. The third-order valence-corrected chi connectivity index (χ3v) is 6.75. The monoisotopic (exact) mass is 515 g/mol. The van der Waals surface area contributed by atoms with Crippen LogP contribution in [-0.4, -0.2) is 82.0 Å². The molecule has 10 nitrogen and oxygen atoms in total. The summed E-state index contributed by atoms with van der Waals surface area (Å²) in [4.78, 5) is 16.5. The minimum Gasteiger partial charge on any atom is -0.726 e. The first-order chi connectivity index (χ1) is 14.5. The average molecular weight is 516 g/mol. The van der Waals surface area contributed by atoms with E-state index in [2.05, 4.69) is 51.8 Å². The van der Waals surface area contributed by atoms with Gasteiger partial charge in [-0.15, -0.1) is 0 Å². The molecule has 0 aromatic heterocycles. The van der Waals surface area contributed by atoms with E-state index in [-0.39, 0.29) is 22.2 Å². The molecule has 1 saturated heterocycles.